The molecule has 2 heterocycles. The molecule has 1 aromatic carbocycles. The molecule has 3 rings (SSSR count). The number of rotatable bonds is 2. The zero-order valence-electron chi connectivity index (χ0n) is 11.5. The molecule has 0 aliphatic rings. The first kappa shape index (κ1) is 14.4. The Kier molecular flexibility index (Phi) is 3.67. The number of fused-ring (bicyclic) bond motifs is 1. The topological polar surface area (TPSA) is 52.5 Å². The number of nitrogens with zero attached hydrogens (tertiary/aromatic N) is 2. The largest absolute Gasteiger partial charge is 0.496 e. The first-order valence-corrected chi connectivity index (χ1v) is 7.87. The van der Waals surface area contributed by atoms with Crippen LogP contribution in [0, 0.1) is 6.92 Å². The lowest BCUT2D eigenvalue weighted by molar-refractivity contribution is 0.412. The van der Waals surface area contributed by atoms with Crippen LogP contribution >= 0.6 is 31.9 Å². The maximum Gasteiger partial charge on any atom is 0.142 e. The fourth-order valence-electron chi connectivity index (χ4n) is 2.31. The summed E-state index contributed by atoms with van der Waals surface area (Å²) in [6.07, 6.45) is 1.92. The van der Waals surface area contributed by atoms with Gasteiger partial charge in [0.25, 0.3) is 0 Å². The number of anilines is 1. The average molecular weight is 411 g/mol. The summed E-state index contributed by atoms with van der Waals surface area (Å²) >= 11 is 6.98. The summed E-state index contributed by atoms with van der Waals surface area (Å²) < 4.78 is 8.99. The minimum atomic E-state index is 0.617. The van der Waals surface area contributed by atoms with Crippen LogP contribution in [-0.4, -0.2) is 16.5 Å². The van der Waals surface area contributed by atoms with E-state index in [0.717, 1.165) is 37.2 Å². The van der Waals surface area contributed by atoms with Crippen molar-refractivity contribution in [1.82, 2.24) is 9.38 Å². The number of nitrogens with two attached hydrogens (primary N) is 1. The lowest BCUT2D eigenvalue weighted by Crippen LogP contribution is -1.95. The number of halogens is 2. The number of hydrogen-bond acceptors (Lipinski definition) is 3. The third-order valence-corrected chi connectivity index (χ3v) is 4.39. The lowest BCUT2D eigenvalue weighted by atomic mass is 10.1. The minimum Gasteiger partial charge on any atom is -0.496 e. The molecule has 0 saturated carbocycles. The van der Waals surface area contributed by atoms with Gasteiger partial charge in [-0.05, 0) is 68.6 Å². The van der Waals surface area contributed by atoms with Crippen LogP contribution in [0.3, 0.4) is 0 Å². The highest BCUT2D eigenvalue weighted by Crippen LogP contribution is 2.34. The lowest BCUT2D eigenvalue weighted by Gasteiger charge is -2.05. The number of aryl methyl sites for hydroxylation is 1. The van der Waals surface area contributed by atoms with Gasteiger partial charge in [0, 0.05) is 16.2 Å². The van der Waals surface area contributed by atoms with E-state index in [1.54, 1.807) is 7.11 Å². The van der Waals surface area contributed by atoms with Crippen LogP contribution < -0.4 is 10.5 Å². The maximum absolute atomic E-state index is 6.26. The second-order valence-corrected chi connectivity index (χ2v) is 6.50. The number of methoxy groups -OCH3 is 1. The third kappa shape index (κ3) is 2.42. The summed E-state index contributed by atoms with van der Waals surface area (Å²) in [5, 5.41) is 0. The van der Waals surface area contributed by atoms with E-state index in [-0.39, 0.29) is 0 Å². The quantitative estimate of drug-likeness (QED) is 0.679. The second kappa shape index (κ2) is 5.35. The van der Waals surface area contributed by atoms with Crippen molar-refractivity contribution in [1.29, 1.82) is 0 Å². The molecule has 21 heavy (non-hydrogen) atoms. The first-order chi connectivity index (χ1) is 10.0. The number of nitrogen functional groups attached to an aromatic ring is 1. The molecule has 0 aliphatic carbocycles. The van der Waals surface area contributed by atoms with Crippen LogP contribution in [0.1, 0.15) is 5.56 Å². The van der Waals surface area contributed by atoms with Crippen LogP contribution in [0.5, 0.6) is 5.75 Å². The predicted octanol–water partition coefficient (Wildman–Crippen LogP) is 4.43. The van der Waals surface area contributed by atoms with Crippen LogP contribution in [0.2, 0.25) is 0 Å². The molecule has 4 nitrogen and oxygen atoms in total. The zero-order valence-corrected chi connectivity index (χ0v) is 14.7. The highest BCUT2D eigenvalue weighted by Gasteiger charge is 2.14. The third-order valence-electron chi connectivity index (χ3n) is 3.33. The summed E-state index contributed by atoms with van der Waals surface area (Å²) in [7, 11) is 1.64. The maximum atomic E-state index is 6.26. The number of benzene rings is 1. The van der Waals surface area contributed by atoms with E-state index in [4.69, 9.17) is 10.5 Å². The Morgan fingerprint density at radius 2 is 2.00 bits per heavy atom. The van der Waals surface area contributed by atoms with Crippen LogP contribution in [-0.2, 0) is 0 Å². The monoisotopic (exact) mass is 409 g/mol. The summed E-state index contributed by atoms with van der Waals surface area (Å²) in [5.41, 5.74) is 9.89. The van der Waals surface area contributed by atoms with E-state index in [9.17, 15) is 0 Å². The molecule has 0 spiro atoms. The Labute approximate surface area is 139 Å². The van der Waals surface area contributed by atoms with Crippen molar-refractivity contribution in [2.45, 2.75) is 6.92 Å². The Balaban J connectivity index is 2.23. The molecule has 0 amide bonds. The fourth-order valence-corrected chi connectivity index (χ4v) is 3.40. The molecule has 0 atom stereocenters. The highest BCUT2D eigenvalue weighted by molar-refractivity contribution is 9.10. The molecule has 6 heteroatoms. The van der Waals surface area contributed by atoms with Crippen molar-refractivity contribution in [3.05, 3.63) is 45.0 Å². The molecule has 0 fully saturated rings. The molecule has 2 aromatic heterocycles. The number of aromatic nitrogens is 2. The molecular weight excluding hydrogens is 398 g/mol. The standard InChI is InChI=1S/C15H13Br2N3O/c1-8-5-10(16)7-20-14(18)13(19-15(8)20)9-3-4-12(21-2)11(17)6-9/h3-7H,18H2,1-2H3. The minimum absolute atomic E-state index is 0.617. The van der Waals surface area contributed by atoms with Crippen molar-refractivity contribution >= 4 is 43.3 Å². The van der Waals surface area contributed by atoms with Gasteiger partial charge in [-0.2, -0.15) is 0 Å². The van der Waals surface area contributed by atoms with E-state index in [2.05, 4.69) is 36.8 Å². The summed E-state index contributed by atoms with van der Waals surface area (Å²) in [5.74, 6) is 1.39. The van der Waals surface area contributed by atoms with Crippen molar-refractivity contribution in [2.24, 2.45) is 0 Å². The van der Waals surface area contributed by atoms with E-state index in [0.29, 0.717) is 5.82 Å². The van der Waals surface area contributed by atoms with Crippen LogP contribution in [0.15, 0.2) is 39.4 Å². The van der Waals surface area contributed by atoms with Gasteiger partial charge in [0.2, 0.25) is 0 Å². The summed E-state index contributed by atoms with van der Waals surface area (Å²) in [6.45, 7) is 2.01. The van der Waals surface area contributed by atoms with E-state index >= 15 is 0 Å². The molecule has 0 unspecified atom stereocenters. The number of hydrogen-bond donors (Lipinski definition) is 1. The van der Waals surface area contributed by atoms with Gasteiger partial charge in [0.15, 0.2) is 0 Å². The number of ether oxygens (including phenoxy) is 1. The normalized spacial score (nSPS) is 11.0. The Morgan fingerprint density at radius 3 is 2.67 bits per heavy atom. The summed E-state index contributed by atoms with van der Waals surface area (Å²) in [4.78, 5) is 4.68. The van der Waals surface area contributed by atoms with Gasteiger partial charge in [0.1, 0.15) is 22.9 Å². The summed E-state index contributed by atoms with van der Waals surface area (Å²) in [6, 6.07) is 7.83. The molecule has 0 saturated heterocycles. The highest BCUT2D eigenvalue weighted by atomic mass is 79.9. The molecule has 108 valence electrons. The smallest absolute Gasteiger partial charge is 0.142 e. The predicted molar refractivity (Wildman–Crippen MR) is 91.7 cm³/mol. The molecule has 0 bridgehead atoms. The van der Waals surface area contributed by atoms with Gasteiger partial charge < -0.3 is 10.5 Å². The second-order valence-electron chi connectivity index (χ2n) is 4.73. The van der Waals surface area contributed by atoms with Gasteiger partial charge in [-0.3, -0.25) is 4.40 Å². The van der Waals surface area contributed by atoms with E-state index < -0.39 is 0 Å². The number of pyridine rings is 1. The van der Waals surface area contributed by atoms with E-state index in [1.807, 2.05) is 41.8 Å². The Morgan fingerprint density at radius 1 is 1.24 bits per heavy atom. The molecule has 0 aliphatic heterocycles. The van der Waals surface area contributed by atoms with Crippen molar-refractivity contribution < 1.29 is 4.74 Å². The molecule has 0 radical (unpaired) electrons. The van der Waals surface area contributed by atoms with Crippen molar-refractivity contribution in [2.75, 3.05) is 12.8 Å². The van der Waals surface area contributed by atoms with Gasteiger partial charge in [-0.15, -0.1) is 0 Å². The van der Waals surface area contributed by atoms with Crippen molar-refractivity contribution in [3.63, 3.8) is 0 Å². The van der Waals surface area contributed by atoms with Gasteiger partial charge in [-0.25, -0.2) is 4.98 Å². The molecule has 3 aromatic rings. The van der Waals surface area contributed by atoms with Crippen LogP contribution in [0.4, 0.5) is 5.82 Å². The number of imidazole rings is 1. The first-order valence-electron chi connectivity index (χ1n) is 6.29. The fraction of sp³-hybridized carbons (Fsp3) is 0.133. The van der Waals surface area contributed by atoms with Gasteiger partial charge >= 0.3 is 0 Å². The van der Waals surface area contributed by atoms with E-state index in [1.165, 1.54) is 0 Å². The van der Waals surface area contributed by atoms with Gasteiger partial charge in [0.05, 0.1) is 11.6 Å². The Bertz CT molecular complexity index is 843. The molecular formula is C15H13Br2N3O. The SMILES string of the molecule is COc1ccc(-c2nc3c(C)cc(Br)cn3c2N)cc1Br. The van der Waals surface area contributed by atoms with Gasteiger partial charge in [-0.1, -0.05) is 0 Å². The van der Waals surface area contributed by atoms with Crippen LogP contribution in [0.25, 0.3) is 16.9 Å². The molecule has 2 N–H and O–H groups in total. The van der Waals surface area contributed by atoms with Crippen molar-refractivity contribution in [3.8, 4) is 17.0 Å². The zero-order chi connectivity index (χ0) is 15.1. The Hall–Kier alpha value is -1.53. The average Bonchev–Trinajstić information content (AvgIpc) is 2.77.